The van der Waals surface area contributed by atoms with Crippen LogP contribution >= 0.6 is 0 Å². The van der Waals surface area contributed by atoms with Gasteiger partial charge in [-0.05, 0) is 47.4 Å². The summed E-state index contributed by atoms with van der Waals surface area (Å²) < 4.78 is 27.2. The molecule has 0 spiro atoms. The van der Waals surface area contributed by atoms with E-state index in [4.69, 9.17) is 0 Å². The Morgan fingerprint density at radius 3 is 2.12 bits per heavy atom. The Morgan fingerprint density at radius 2 is 1.47 bits per heavy atom. The van der Waals surface area contributed by atoms with Crippen LogP contribution in [0.2, 0.25) is 0 Å². The SMILES string of the molecule is CC(C)c1ccccc1NC(=O)c1ccc(CN2CCN(S(=O)(=O)c3ccccc3)CC2)cc1. The quantitative estimate of drug-likeness (QED) is 0.541. The number of para-hydroxylation sites is 1. The molecule has 6 nitrogen and oxygen atoms in total. The predicted octanol–water partition coefficient (Wildman–Crippen LogP) is 4.57. The third-order valence-corrected chi connectivity index (χ3v) is 8.08. The van der Waals surface area contributed by atoms with Crippen LogP contribution in [0.3, 0.4) is 0 Å². The van der Waals surface area contributed by atoms with E-state index in [1.807, 2.05) is 54.6 Å². The third-order valence-electron chi connectivity index (χ3n) is 6.17. The molecule has 1 amide bonds. The van der Waals surface area contributed by atoms with Crippen LogP contribution in [-0.2, 0) is 16.6 Å². The number of amides is 1. The average Bonchev–Trinajstić information content (AvgIpc) is 2.85. The second-order valence-electron chi connectivity index (χ2n) is 8.89. The summed E-state index contributed by atoms with van der Waals surface area (Å²) in [7, 11) is -3.45. The first-order valence-electron chi connectivity index (χ1n) is 11.6. The van der Waals surface area contributed by atoms with E-state index in [0.717, 1.165) is 23.4 Å². The van der Waals surface area contributed by atoms with Crippen molar-refractivity contribution in [2.45, 2.75) is 31.2 Å². The fourth-order valence-electron chi connectivity index (χ4n) is 4.20. The molecule has 0 saturated carbocycles. The summed E-state index contributed by atoms with van der Waals surface area (Å²) >= 11 is 0. The summed E-state index contributed by atoms with van der Waals surface area (Å²) in [5, 5.41) is 3.03. The number of nitrogens with one attached hydrogen (secondary N) is 1. The van der Waals surface area contributed by atoms with Crippen LogP contribution in [0.1, 0.15) is 41.3 Å². The van der Waals surface area contributed by atoms with Crippen molar-refractivity contribution in [2.75, 3.05) is 31.5 Å². The highest BCUT2D eigenvalue weighted by Crippen LogP contribution is 2.24. The highest BCUT2D eigenvalue weighted by molar-refractivity contribution is 7.89. The summed E-state index contributed by atoms with van der Waals surface area (Å²) in [5.74, 6) is 0.196. The number of carbonyl (C=O) groups is 1. The molecule has 1 aliphatic rings. The van der Waals surface area contributed by atoms with E-state index in [-0.39, 0.29) is 5.91 Å². The van der Waals surface area contributed by atoms with E-state index in [1.54, 1.807) is 28.6 Å². The van der Waals surface area contributed by atoms with E-state index < -0.39 is 10.0 Å². The van der Waals surface area contributed by atoms with E-state index in [9.17, 15) is 13.2 Å². The van der Waals surface area contributed by atoms with Crippen molar-refractivity contribution < 1.29 is 13.2 Å². The lowest BCUT2D eigenvalue weighted by molar-refractivity contribution is 0.102. The first kappa shape index (κ1) is 24.1. The Morgan fingerprint density at radius 1 is 0.853 bits per heavy atom. The molecule has 34 heavy (non-hydrogen) atoms. The molecule has 0 aromatic heterocycles. The van der Waals surface area contributed by atoms with E-state index >= 15 is 0 Å². The molecule has 1 saturated heterocycles. The van der Waals surface area contributed by atoms with Gasteiger partial charge in [-0.3, -0.25) is 9.69 Å². The van der Waals surface area contributed by atoms with Gasteiger partial charge in [0.25, 0.3) is 5.91 Å². The third kappa shape index (κ3) is 5.55. The summed E-state index contributed by atoms with van der Waals surface area (Å²) in [6.07, 6.45) is 0. The van der Waals surface area contributed by atoms with Crippen LogP contribution in [0.4, 0.5) is 5.69 Å². The first-order valence-corrected chi connectivity index (χ1v) is 13.1. The minimum atomic E-state index is -3.45. The maximum atomic E-state index is 12.8. The van der Waals surface area contributed by atoms with Gasteiger partial charge in [-0.1, -0.05) is 62.4 Å². The van der Waals surface area contributed by atoms with E-state index in [2.05, 4.69) is 24.1 Å². The van der Waals surface area contributed by atoms with Crippen molar-refractivity contribution in [3.63, 3.8) is 0 Å². The molecule has 1 aliphatic heterocycles. The van der Waals surface area contributed by atoms with Gasteiger partial charge in [0, 0.05) is 44.0 Å². The molecule has 7 heteroatoms. The second-order valence-corrected chi connectivity index (χ2v) is 10.8. The normalized spacial score (nSPS) is 15.4. The van der Waals surface area contributed by atoms with Crippen molar-refractivity contribution in [3.05, 3.63) is 95.6 Å². The van der Waals surface area contributed by atoms with Gasteiger partial charge in [0.1, 0.15) is 0 Å². The maximum Gasteiger partial charge on any atom is 0.255 e. The van der Waals surface area contributed by atoms with Gasteiger partial charge >= 0.3 is 0 Å². The van der Waals surface area contributed by atoms with Crippen molar-refractivity contribution >= 4 is 21.6 Å². The van der Waals surface area contributed by atoms with Gasteiger partial charge in [0.15, 0.2) is 0 Å². The summed E-state index contributed by atoms with van der Waals surface area (Å²) in [4.78, 5) is 15.3. The molecule has 3 aromatic rings. The molecule has 0 unspecified atom stereocenters. The molecule has 1 N–H and O–H groups in total. The molecule has 4 rings (SSSR count). The van der Waals surface area contributed by atoms with Gasteiger partial charge in [-0.25, -0.2) is 8.42 Å². The molecular weight excluding hydrogens is 446 g/mol. The first-order chi connectivity index (χ1) is 16.3. The fraction of sp³-hybridized carbons (Fsp3) is 0.296. The summed E-state index contributed by atoms with van der Waals surface area (Å²) in [6.45, 7) is 7.20. The van der Waals surface area contributed by atoms with E-state index in [1.165, 1.54) is 0 Å². The van der Waals surface area contributed by atoms with Gasteiger partial charge < -0.3 is 5.32 Å². The maximum absolute atomic E-state index is 12.8. The second kappa shape index (κ2) is 10.5. The molecule has 1 fully saturated rings. The van der Waals surface area contributed by atoms with Crippen LogP contribution in [-0.4, -0.2) is 49.7 Å². The number of hydrogen-bond donors (Lipinski definition) is 1. The fourth-order valence-corrected chi connectivity index (χ4v) is 5.64. The molecule has 0 aliphatic carbocycles. The zero-order valence-corrected chi connectivity index (χ0v) is 20.5. The molecule has 0 atom stereocenters. The molecular formula is C27H31N3O3S. The Kier molecular flexibility index (Phi) is 7.46. The standard InChI is InChI=1S/C27H31N3O3S/c1-21(2)25-10-6-7-11-26(25)28-27(31)23-14-12-22(13-15-23)20-29-16-18-30(19-17-29)34(32,33)24-8-4-3-5-9-24/h3-15,21H,16-20H2,1-2H3,(H,28,31). The lowest BCUT2D eigenvalue weighted by Crippen LogP contribution is -2.48. The average molecular weight is 478 g/mol. The smallest absolute Gasteiger partial charge is 0.255 e. The minimum absolute atomic E-state index is 0.126. The number of rotatable bonds is 7. The van der Waals surface area contributed by atoms with Crippen molar-refractivity contribution in [2.24, 2.45) is 0 Å². The lowest BCUT2D eigenvalue weighted by atomic mass is 10.0. The largest absolute Gasteiger partial charge is 0.322 e. The number of hydrogen-bond acceptors (Lipinski definition) is 4. The number of sulfonamides is 1. The molecule has 178 valence electrons. The van der Waals surface area contributed by atoms with Crippen molar-refractivity contribution in [3.8, 4) is 0 Å². The zero-order chi connectivity index (χ0) is 24.1. The summed E-state index contributed by atoms with van der Waals surface area (Å²) in [6, 6.07) is 24.1. The highest BCUT2D eigenvalue weighted by Gasteiger charge is 2.28. The van der Waals surface area contributed by atoms with E-state index in [0.29, 0.717) is 42.6 Å². The Balaban J connectivity index is 1.33. The number of nitrogens with zero attached hydrogens (tertiary/aromatic N) is 2. The summed E-state index contributed by atoms with van der Waals surface area (Å²) in [5.41, 5.74) is 3.66. The van der Waals surface area contributed by atoms with Crippen LogP contribution in [0.5, 0.6) is 0 Å². The number of anilines is 1. The Bertz CT molecular complexity index is 1220. The Labute approximate surface area is 202 Å². The molecule has 3 aromatic carbocycles. The monoisotopic (exact) mass is 477 g/mol. The van der Waals surface area contributed by atoms with Gasteiger partial charge in [0.2, 0.25) is 10.0 Å². The van der Waals surface area contributed by atoms with Crippen LogP contribution < -0.4 is 5.32 Å². The van der Waals surface area contributed by atoms with Gasteiger partial charge in [0.05, 0.1) is 4.90 Å². The minimum Gasteiger partial charge on any atom is -0.322 e. The number of carbonyl (C=O) groups excluding carboxylic acids is 1. The predicted molar refractivity (Wildman–Crippen MR) is 135 cm³/mol. The van der Waals surface area contributed by atoms with Crippen molar-refractivity contribution in [1.82, 2.24) is 9.21 Å². The van der Waals surface area contributed by atoms with Gasteiger partial charge in [-0.2, -0.15) is 4.31 Å². The Hall–Kier alpha value is -3.00. The van der Waals surface area contributed by atoms with Crippen molar-refractivity contribution in [1.29, 1.82) is 0 Å². The molecule has 1 heterocycles. The molecule has 0 radical (unpaired) electrons. The lowest BCUT2D eigenvalue weighted by Gasteiger charge is -2.34. The topological polar surface area (TPSA) is 69.7 Å². The number of piperazine rings is 1. The number of benzene rings is 3. The van der Waals surface area contributed by atoms with Crippen LogP contribution in [0.25, 0.3) is 0 Å². The zero-order valence-electron chi connectivity index (χ0n) is 19.6. The highest BCUT2D eigenvalue weighted by atomic mass is 32.2. The van der Waals surface area contributed by atoms with Crippen LogP contribution in [0.15, 0.2) is 83.8 Å². The molecule has 0 bridgehead atoms. The van der Waals surface area contributed by atoms with Crippen LogP contribution in [0, 0.1) is 0 Å². The van der Waals surface area contributed by atoms with Gasteiger partial charge in [-0.15, -0.1) is 0 Å².